The van der Waals surface area contributed by atoms with Gasteiger partial charge in [0.15, 0.2) is 17.5 Å². The van der Waals surface area contributed by atoms with Crippen LogP contribution in [0.1, 0.15) is 71.6 Å². The van der Waals surface area contributed by atoms with Crippen molar-refractivity contribution in [3.63, 3.8) is 0 Å². The summed E-state index contributed by atoms with van der Waals surface area (Å²) >= 11 is 0. The molecule has 0 bridgehead atoms. The lowest BCUT2D eigenvalue weighted by molar-refractivity contribution is -0.158. The molecule has 260 valence electrons. The molecule has 1 aromatic carbocycles. The molecule has 3 unspecified atom stereocenters. The highest BCUT2D eigenvalue weighted by Crippen LogP contribution is 2.29. The molecule has 17 heteroatoms. The first kappa shape index (κ1) is 37.3. The third kappa shape index (κ3) is 10.2. The molecule has 2 N–H and O–H groups in total. The lowest BCUT2D eigenvalue weighted by Gasteiger charge is -2.30. The second-order valence-corrected chi connectivity index (χ2v) is 12.7. The molecule has 0 spiro atoms. The SMILES string of the molecule is CC(NC(=O)C(CC(=O)OC(C)(C)C)C(C)C)C(=O)NC(CC(=O)N1CCn2c(nnc2C(F)(F)F)C1)Cc1cc(F)c(F)cc1F. The van der Waals surface area contributed by atoms with E-state index in [2.05, 4.69) is 20.8 Å². The Hall–Kier alpha value is -4.18. The normalized spacial score (nSPS) is 15.5. The molecular weight excluding hydrogens is 638 g/mol. The number of ether oxygens (including phenoxy) is 1. The number of halogens is 6. The lowest BCUT2D eigenvalue weighted by Crippen LogP contribution is -2.51. The molecule has 47 heavy (non-hydrogen) atoms. The van der Waals surface area contributed by atoms with E-state index >= 15 is 0 Å². The van der Waals surface area contributed by atoms with Gasteiger partial charge < -0.3 is 24.8 Å². The molecule has 1 aromatic heterocycles. The van der Waals surface area contributed by atoms with Gasteiger partial charge in [-0.1, -0.05) is 13.8 Å². The van der Waals surface area contributed by atoms with Crippen LogP contribution in [0.5, 0.6) is 0 Å². The fourth-order valence-electron chi connectivity index (χ4n) is 4.99. The van der Waals surface area contributed by atoms with E-state index in [1.54, 1.807) is 34.6 Å². The number of alkyl halides is 3. The van der Waals surface area contributed by atoms with Crippen molar-refractivity contribution in [1.82, 2.24) is 30.3 Å². The maximum Gasteiger partial charge on any atom is 0.451 e. The summed E-state index contributed by atoms with van der Waals surface area (Å²) in [6.45, 7) is 9.04. The van der Waals surface area contributed by atoms with Crippen LogP contribution in [0.15, 0.2) is 12.1 Å². The van der Waals surface area contributed by atoms with Gasteiger partial charge in [0.25, 0.3) is 0 Å². The summed E-state index contributed by atoms with van der Waals surface area (Å²) in [6.07, 6.45) is -6.00. The van der Waals surface area contributed by atoms with Crippen molar-refractivity contribution in [1.29, 1.82) is 0 Å². The zero-order chi connectivity index (χ0) is 35.4. The molecule has 0 saturated carbocycles. The third-order valence-corrected chi connectivity index (χ3v) is 7.38. The van der Waals surface area contributed by atoms with Gasteiger partial charge in [-0.2, -0.15) is 13.2 Å². The molecular formula is C30H38F6N6O5. The number of aromatic nitrogens is 3. The van der Waals surface area contributed by atoms with Crippen LogP contribution in [0.2, 0.25) is 0 Å². The highest BCUT2D eigenvalue weighted by atomic mass is 19.4. The van der Waals surface area contributed by atoms with Crippen molar-refractivity contribution in [3.8, 4) is 0 Å². The number of carbonyl (C=O) groups excluding carboxylic acids is 4. The minimum atomic E-state index is -4.75. The van der Waals surface area contributed by atoms with E-state index < -0.39 is 89.6 Å². The van der Waals surface area contributed by atoms with Crippen molar-refractivity contribution in [2.24, 2.45) is 11.8 Å². The van der Waals surface area contributed by atoms with Gasteiger partial charge in [-0.3, -0.25) is 19.2 Å². The van der Waals surface area contributed by atoms with Crippen LogP contribution in [0, 0.1) is 29.3 Å². The molecule has 0 saturated heterocycles. The summed E-state index contributed by atoms with van der Waals surface area (Å²) in [5.74, 6) is -9.14. The van der Waals surface area contributed by atoms with Crippen LogP contribution in [0.3, 0.4) is 0 Å². The zero-order valence-corrected chi connectivity index (χ0v) is 26.8. The number of hydrogen-bond donors (Lipinski definition) is 2. The Morgan fingerprint density at radius 1 is 0.894 bits per heavy atom. The summed E-state index contributed by atoms with van der Waals surface area (Å²) in [7, 11) is 0. The van der Waals surface area contributed by atoms with Crippen molar-refractivity contribution >= 4 is 23.7 Å². The predicted octanol–water partition coefficient (Wildman–Crippen LogP) is 3.68. The number of amides is 3. The van der Waals surface area contributed by atoms with Gasteiger partial charge in [-0.15, -0.1) is 10.2 Å². The standard InChI is InChI=1S/C30H38F6N6O5/c1-15(2)19(12-25(44)47-29(4,5)6)27(46)37-16(3)26(45)38-18(9-17-10-21(32)22(33)13-20(17)31)11-24(43)41-7-8-42-23(14-41)39-40-28(42)30(34,35)36/h10,13,15-16,18-19H,7-9,11-12,14H2,1-6H3,(H,37,46)(H,38,45). The number of nitrogens with one attached hydrogen (secondary N) is 2. The van der Waals surface area contributed by atoms with E-state index in [9.17, 15) is 45.5 Å². The topological polar surface area (TPSA) is 136 Å². The van der Waals surface area contributed by atoms with E-state index in [0.717, 1.165) is 4.57 Å². The Labute approximate surface area is 267 Å². The van der Waals surface area contributed by atoms with Gasteiger partial charge in [0.05, 0.1) is 18.9 Å². The molecule has 0 fully saturated rings. The van der Waals surface area contributed by atoms with E-state index in [0.29, 0.717) is 12.1 Å². The van der Waals surface area contributed by atoms with E-state index in [-0.39, 0.29) is 43.4 Å². The Bertz CT molecular complexity index is 1490. The molecule has 1 aliphatic rings. The monoisotopic (exact) mass is 676 g/mol. The Morgan fingerprint density at radius 3 is 2.13 bits per heavy atom. The molecule has 0 aliphatic carbocycles. The summed E-state index contributed by atoms with van der Waals surface area (Å²) in [5, 5.41) is 11.7. The first-order valence-corrected chi connectivity index (χ1v) is 14.9. The van der Waals surface area contributed by atoms with E-state index in [4.69, 9.17) is 4.74 Å². The smallest absolute Gasteiger partial charge is 0.451 e. The number of esters is 1. The van der Waals surface area contributed by atoms with Gasteiger partial charge in [0.2, 0.25) is 23.5 Å². The van der Waals surface area contributed by atoms with Crippen LogP contribution >= 0.6 is 0 Å². The summed E-state index contributed by atoms with van der Waals surface area (Å²) in [6, 6.07) is -1.53. The molecule has 11 nitrogen and oxygen atoms in total. The molecule has 2 aromatic rings. The first-order chi connectivity index (χ1) is 21.7. The molecule has 2 heterocycles. The molecule has 0 radical (unpaired) electrons. The van der Waals surface area contributed by atoms with Gasteiger partial charge in [-0.25, -0.2) is 13.2 Å². The quantitative estimate of drug-likeness (QED) is 0.211. The number of fused-ring (bicyclic) bond motifs is 1. The minimum absolute atomic E-state index is 0.119. The number of carbonyl (C=O) groups is 4. The Balaban J connectivity index is 1.75. The average molecular weight is 677 g/mol. The highest BCUT2D eigenvalue weighted by molar-refractivity contribution is 5.90. The fraction of sp³-hybridized carbons (Fsp3) is 0.600. The van der Waals surface area contributed by atoms with Crippen LogP contribution in [0.4, 0.5) is 26.3 Å². The average Bonchev–Trinajstić information content (AvgIpc) is 3.37. The van der Waals surface area contributed by atoms with Crippen molar-refractivity contribution in [3.05, 3.63) is 46.8 Å². The van der Waals surface area contributed by atoms with Crippen molar-refractivity contribution in [2.45, 2.75) is 97.8 Å². The maximum atomic E-state index is 14.6. The first-order valence-electron chi connectivity index (χ1n) is 14.9. The minimum Gasteiger partial charge on any atom is -0.460 e. The second-order valence-electron chi connectivity index (χ2n) is 12.7. The summed E-state index contributed by atoms with van der Waals surface area (Å²) in [4.78, 5) is 53.1. The second kappa shape index (κ2) is 14.7. The zero-order valence-electron chi connectivity index (χ0n) is 26.8. The Kier molecular flexibility index (Phi) is 11.7. The Morgan fingerprint density at radius 2 is 1.53 bits per heavy atom. The van der Waals surface area contributed by atoms with Crippen LogP contribution in [-0.4, -0.2) is 67.6 Å². The lowest BCUT2D eigenvalue weighted by atomic mass is 9.91. The molecule has 3 amide bonds. The third-order valence-electron chi connectivity index (χ3n) is 7.38. The summed E-state index contributed by atoms with van der Waals surface area (Å²) in [5.41, 5.74) is -1.14. The van der Waals surface area contributed by atoms with Gasteiger partial charge in [0, 0.05) is 31.6 Å². The number of nitrogens with zero attached hydrogens (tertiary/aromatic N) is 4. The fourth-order valence-corrected chi connectivity index (χ4v) is 4.99. The van der Waals surface area contributed by atoms with Gasteiger partial charge in [-0.05, 0) is 51.7 Å². The van der Waals surface area contributed by atoms with Crippen LogP contribution in [0.25, 0.3) is 0 Å². The molecule has 3 rings (SSSR count). The van der Waals surface area contributed by atoms with Crippen LogP contribution < -0.4 is 10.6 Å². The number of hydrogen-bond acceptors (Lipinski definition) is 7. The largest absolute Gasteiger partial charge is 0.460 e. The summed E-state index contributed by atoms with van der Waals surface area (Å²) < 4.78 is 87.9. The van der Waals surface area contributed by atoms with E-state index in [1.165, 1.54) is 11.8 Å². The maximum absolute atomic E-state index is 14.6. The molecule has 1 aliphatic heterocycles. The van der Waals surface area contributed by atoms with Crippen LogP contribution in [-0.2, 0) is 49.6 Å². The van der Waals surface area contributed by atoms with Crippen molar-refractivity contribution < 1.29 is 50.3 Å². The number of rotatable bonds is 11. The predicted molar refractivity (Wildman–Crippen MR) is 153 cm³/mol. The highest BCUT2D eigenvalue weighted by Gasteiger charge is 2.40. The molecule has 3 atom stereocenters. The number of benzene rings is 1. The van der Waals surface area contributed by atoms with Gasteiger partial charge >= 0.3 is 12.1 Å². The van der Waals surface area contributed by atoms with Gasteiger partial charge in [0.1, 0.15) is 17.5 Å². The van der Waals surface area contributed by atoms with Crippen molar-refractivity contribution in [2.75, 3.05) is 6.54 Å². The van der Waals surface area contributed by atoms with E-state index in [1.807, 2.05) is 0 Å².